The molecule has 146 valence electrons. The van der Waals surface area contributed by atoms with Crippen LogP contribution in [0, 0.1) is 128 Å². The predicted molar refractivity (Wildman–Crippen MR) is 67.9 cm³/mol. The fourth-order valence-corrected chi connectivity index (χ4v) is 0. The SMILES string of the molecule is O=[N+]([O-])[O-].O=[N+]([O-])[O-].O=[N+]([O-])[O-].O=[N+]([O-])[O-].O=[N+]([O-])[O-].O=[N+]([O-])[O-].[Bi+3].[La+3]. The minimum Gasteiger partial charge on any atom is -0.356 e. The normalized spacial score (nSPS) is 5.54. The van der Waals surface area contributed by atoms with E-state index in [1.807, 2.05) is 0 Å². The van der Waals surface area contributed by atoms with Crippen LogP contribution in [0.4, 0.5) is 0 Å². The molecule has 0 aliphatic rings. The zero-order valence-electron chi connectivity index (χ0n) is 11.1. The Morgan fingerprint density at radius 1 is 0.308 bits per heavy atom. The van der Waals surface area contributed by atoms with Gasteiger partial charge in [-0.3, -0.25) is 0 Å². The molecule has 0 saturated heterocycles. The van der Waals surface area contributed by atoms with Gasteiger partial charge in [0.05, 0.1) is 30.5 Å². The number of hydrogen-bond donors (Lipinski definition) is 0. The molecule has 26 heavy (non-hydrogen) atoms. The van der Waals surface area contributed by atoms with E-state index >= 15 is 0 Å². The van der Waals surface area contributed by atoms with Crippen LogP contribution in [0.5, 0.6) is 0 Å². The van der Waals surface area contributed by atoms with Crippen LogP contribution in [0.2, 0.25) is 0 Å². The quantitative estimate of drug-likeness (QED) is 0.151. The maximum absolute atomic E-state index is 8.25. The monoisotopic (exact) mass is 720 g/mol. The molecule has 0 bridgehead atoms. The van der Waals surface area contributed by atoms with E-state index in [9.17, 15) is 0 Å². The van der Waals surface area contributed by atoms with Crippen molar-refractivity contribution in [1.82, 2.24) is 0 Å². The van der Waals surface area contributed by atoms with Gasteiger partial charge >= 0.3 is 61.8 Å². The Kier molecular flexibility index (Phi) is 82.3. The Morgan fingerprint density at radius 3 is 0.308 bits per heavy atom. The maximum Gasteiger partial charge on any atom is 3.00 e. The van der Waals surface area contributed by atoms with Gasteiger partial charge in [0.15, 0.2) is 0 Å². The fraction of sp³-hybridized carbons (Fsp3) is 0. The van der Waals surface area contributed by atoms with Crippen LogP contribution in [0.3, 0.4) is 0 Å². The molecule has 0 amide bonds. The molecule has 0 fully saturated rings. The standard InChI is InChI=1S/Bi.La.6NO3/c;;6*2-1(3)4/q2*+3;6*-1. The number of rotatable bonds is 0. The van der Waals surface area contributed by atoms with Gasteiger partial charge in [0, 0.05) is 0 Å². The summed E-state index contributed by atoms with van der Waals surface area (Å²) in [7, 11) is 0. The average molecular weight is 720 g/mol. The molecule has 0 N–H and O–H groups in total. The minimum absolute atomic E-state index is 0. The molecule has 0 aliphatic heterocycles. The Labute approximate surface area is 183 Å². The first-order valence-corrected chi connectivity index (χ1v) is 3.29. The molecule has 0 unspecified atom stereocenters. The molecule has 0 atom stereocenters. The van der Waals surface area contributed by atoms with Crippen LogP contribution in [0.15, 0.2) is 0 Å². The van der Waals surface area contributed by atoms with Crippen LogP contribution in [0.1, 0.15) is 0 Å². The topological polar surface area (TPSA) is 397 Å². The number of nitrogens with zero attached hydrogens (tertiary/aromatic N) is 6. The molecule has 24 nitrogen and oxygen atoms in total. The van der Waals surface area contributed by atoms with Crippen molar-refractivity contribution in [3.8, 4) is 0 Å². The molecular weight excluding hydrogens is 720 g/mol. The zero-order valence-corrected chi connectivity index (χ0v) is 18.2. The van der Waals surface area contributed by atoms with E-state index in [2.05, 4.69) is 0 Å². The Balaban J connectivity index is -0.0000000245. The third-order valence-corrected chi connectivity index (χ3v) is 0. The Hall–Kier alpha value is -2.72. The Morgan fingerprint density at radius 2 is 0.308 bits per heavy atom. The second kappa shape index (κ2) is 43.2. The first kappa shape index (κ1) is 49.5. The van der Waals surface area contributed by atoms with Gasteiger partial charge in [0.2, 0.25) is 0 Å². The molecule has 2 radical (unpaired) electrons. The van der Waals surface area contributed by atoms with E-state index < -0.39 is 30.5 Å². The van der Waals surface area contributed by atoms with Crippen LogP contribution < -0.4 is 0 Å². The summed E-state index contributed by atoms with van der Waals surface area (Å²) in [5, 5.41) is 88.5. The second-order valence-corrected chi connectivity index (χ2v) is 1.34. The van der Waals surface area contributed by atoms with Gasteiger partial charge in [-0.15, -0.1) is 0 Å². The van der Waals surface area contributed by atoms with E-state index in [1.54, 1.807) is 0 Å². The molecule has 0 saturated carbocycles. The fourth-order valence-electron chi connectivity index (χ4n) is 0. The largest absolute Gasteiger partial charge is 3.00 e. The van der Waals surface area contributed by atoms with E-state index in [-0.39, 0.29) is 61.8 Å². The summed E-state index contributed by atoms with van der Waals surface area (Å²) < 4.78 is 0. The van der Waals surface area contributed by atoms with Crippen molar-refractivity contribution in [3.05, 3.63) is 91.9 Å². The minimum atomic E-state index is -1.75. The van der Waals surface area contributed by atoms with Gasteiger partial charge < -0.3 is 91.9 Å². The van der Waals surface area contributed by atoms with Crippen molar-refractivity contribution < 1.29 is 66.1 Å². The van der Waals surface area contributed by atoms with Crippen LogP contribution >= 0.6 is 0 Å². The first-order chi connectivity index (χ1) is 10.4. The van der Waals surface area contributed by atoms with Gasteiger partial charge in [0.1, 0.15) is 0 Å². The number of hydrogen-bond acceptors (Lipinski definition) is 18. The van der Waals surface area contributed by atoms with Gasteiger partial charge in [-0.2, -0.15) is 0 Å². The molecule has 0 heterocycles. The summed E-state index contributed by atoms with van der Waals surface area (Å²) in [6, 6.07) is 0. The predicted octanol–water partition coefficient (Wildman–Crippen LogP) is -1.82. The molecule has 0 spiro atoms. The molecule has 0 aromatic carbocycles. The average Bonchev–Trinajstić information content (AvgIpc) is 2.08. The van der Waals surface area contributed by atoms with E-state index in [0.29, 0.717) is 0 Å². The molecule has 0 aromatic heterocycles. The summed E-state index contributed by atoms with van der Waals surface area (Å²) in [6.07, 6.45) is 0. The molecule has 0 aromatic rings. The van der Waals surface area contributed by atoms with E-state index in [1.165, 1.54) is 0 Å². The summed E-state index contributed by atoms with van der Waals surface area (Å²) >= 11 is 0. The van der Waals surface area contributed by atoms with Crippen molar-refractivity contribution in [1.29, 1.82) is 0 Å². The van der Waals surface area contributed by atoms with Crippen molar-refractivity contribution in [2.75, 3.05) is 0 Å². The molecule has 26 heteroatoms. The van der Waals surface area contributed by atoms with Crippen molar-refractivity contribution in [3.63, 3.8) is 0 Å². The van der Waals surface area contributed by atoms with Gasteiger partial charge in [0.25, 0.3) is 0 Å². The van der Waals surface area contributed by atoms with Crippen LogP contribution in [-0.4, -0.2) is 56.7 Å². The van der Waals surface area contributed by atoms with Gasteiger partial charge in [-0.25, -0.2) is 0 Å². The van der Waals surface area contributed by atoms with Crippen LogP contribution in [-0.2, 0) is 0 Å². The van der Waals surface area contributed by atoms with E-state index in [0.717, 1.165) is 0 Å². The summed E-state index contributed by atoms with van der Waals surface area (Å²) in [4.78, 5) is 49.5. The second-order valence-electron chi connectivity index (χ2n) is 1.34. The smallest absolute Gasteiger partial charge is 0.356 e. The molecular formula is BiLaN6O18. The maximum atomic E-state index is 8.25. The first-order valence-electron chi connectivity index (χ1n) is 3.29. The summed E-state index contributed by atoms with van der Waals surface area (Å²) in [5.41, 5.74) is 0. The Bertz CT molecular complexity index is 263. The van der Waals surface area contributed by atoms with Gasteiger partial charge in [-0.05, 0) is 0 Å². The molecule has 0 rings (SSSR count). The van der Waals surface area contributed by atoms with Crippen molar-refractivity contribution >= 4 is 26.2 Å². The zero-order chi connectivity index (χ0) is 21.5. The molecule has 0 aliphatic carbocycles. The van der Waals surface area contributed by atoms with Gasteiger partial charge in [-0.1, -0.05) is 0 Å². The summed E-state index contributed by atoms with van der Waals surface area (Å²) in [6.45, 7) is 0. The summed E-state index contributed by atoms with van der Waals surface area (Å²) in [5.74, 6) is 0. The third-order valence-electron chi connectivity index (χ3n) is 0. The van der Waals surface area contributed by atoms with Crippen molar-refractivity contribution in [2.24, 2.45) is 0 Å². The third kappa shape index (κ3) is 1180. The van der Waals surface area contributed by atoms with E-state index in [4.69, 9.17) is 91.9 Å². The van der Waals surface area contributed by atoms with Crippen molar-refractivity contribution in [2.45, 2.75) is 0 Å². The van der Waals surface area contributed by atoms with Crippen LogP contribution in [0.25, 0.3) is 0 Å².